The molecule has 0 spiro atoms. The maximum absolute atomic E-state index is 12.6. The highest BCUT2D eigenvalue weighted by atomic mass is 35.5. The van der Waals surface area contributed by atoms with Crippen molar-refractivity contribution in [1.82, 2.24) is 9.55 Å². The maximum atomic E-state index is 12.6. The lowest BCUT2D eigenvalue weighted by molar-refractivity contribution is 0.626. The van der Waals surface area contributed by atoms with Crippen LogP contribution in [0.5, 0.6) is 0 Å². The fourth-order valence-electron chi connectivity index (χ4n) is 1.22. The van der Waals surface area contributed by atoms with E-state index in [0.717, 1.165) is 5.56 Å². The Morgan fingerprint density at radius 1 is 1.29 bits per heavy atom. The average Bonchev–Trinajstić information content (AvgIpc) is 2.56. The molecule has 0 fully saturated rings. The molecule has 0 bridgehead atoms. The molecule has 1 heterocycles. The number of rotatable bonds is 2. The molecule has 72 valence electrons. The molecule has 0 N–H and O–H groups in total. The highest BCUT2D eigenvalue weighted by Gasteiger charge is 1.99. The van der Waals surface area contributed by atoms with Crippen LogP contribution in [-0.4, -0.2) is 9.55 Å². The van der Waals surface area contributed by atoms with Crippen molar-refractivity contribution in [3.63, 3.8) is 0 Å². The van der Waals surface area contributed by atoms with E-state index in [1.54, 1.807) is 29.1 Å². The van der Waals surface area contributed by atoms with Crippen molar-refractivity contribution in [3.8, 4) is 0 Å². The summed E-state index contributed by atoms with van der Waals surface area (Å²) in [5, 5.41) is 0.439. The Kier molecular flexibility index (Phi) is 2.50. The van der Waals surface area contributed by atoms with Crippen molar-refractivity contribution in [2.45, 2.75) is 6.54 Å². The molecule has 1 aromatic heterocycles. The van der Waals surface area contributed by atoms with Crippen molar-refractivity contribution >= 4 is 11.6 Å². The Labute approximate surface area is 86.0 Å². The molecule has 0 radical (unpaired) electrons. The summed E-state index contributed by atoms with van der Waals surface area (Å²) >= 11 is 5.80. The molecule has 0 aliphatic carbocycles. The Hall–Kier alpha value is -1.35. The molecule has 0 aliphatic rings. The predicted molar refractivity (Wildman–Crippen MR) is 52.7 cm³/mol. The summed E-state index contributed by atoms with van der Waals surface area (Å²) in [7, 11) is 0. The van der Waals surface area contributed by atoms with Gasteiger partial charge in [-0.1, -0.05) is 12.1 Å². The Bertz CT molecular complexity index is 422. The summed E-state index contributed by atoms with van der Waals surface area (Å²) in [5.41, 5.74) is 0.992. The summed E-state index contributed by atoms with van der Waals surface area (Å²) in [5.74, 6) is -0.231. The quantitative estimate of drug-likeness (QED) is 0.745. The molecule has 4 heteroatoms. The first-order valence-electron chi connectivity index (χ1n) is 4.17. The second-order valence-electron chi connectivity index (χ2n) is 2.95. The fourth-order valence-corrected chi connectivity index (χ4v) is 1.39. The number of hydrogen-bond acceptors (Lipinski definition) is 1. The molecular formula is C10H8ClFN2. The lowest BCUT2D eigenvalue weighted by Gasteiger charge is -2.03. The third-order valence-electron chi connectivity index (χ3n) is 1.93. The van der Waals surface area contributed by atoms with Crippen LogP contribution in [0.4, 0.5) is 4.39 Å². The van der Waals surface area contributed by atoms with Gasteiger partial charge in [0.25, 0.3) is 0 Å². The molecular weight excluding hydrogens is 203 g/mol. The van der Waals surface area contributed by atoms with E-state index in [-0.39, 0.29) is 5.82 Å². The van der Waals surface area contributed by atoms with Gasteiger partial charge in [-0.25, -0.2) is 9.37 Å². The molecule has 0 atom stereocenters. The summed E-state index contributed by atoms with van der Waals surface area (Å²) < 4.78 is 14.4. The van der Waals surface area contributed by atoms with Crippen LogP contribution in [0.3, 0.4) is 0 Å². The van der Waals surface area contributed by atoms with Gasteiger partial charge in [-0.3, -0.25) is 0 Å². The lowest BCUT2D eigenvalue weighted by Crippen LogP contribution is -1.97. The van der Waals surface area contributed by atoms with Crippen LogP contribution in [-0.2, 0) is 6.54 Å². The van der Waals surface area contributed by atoms with Crippen LogP contribution in [0.15, 0.2) is 36.7 Å². The van der Waals surface area contributed by atoms with Crippen LogP contribution in [0.2, 0.25) is 5.28 Å². The molecule has 0 unspecified atom stereocenters. The van der Waals surface area contributed by atoms with Crippen molar-refractivity contribution in [2.24, 2.45) is 0 Å². The predicted octanol–water partition coefficient (Wildman–Crippen LogP) is 2.72. The Morgan fingerprint density at radius 3 is 2.57 bits per heavy atom. The second-order valence-corrected chi connectivity index (χ2v) is 3.29. The van der Waals surface area contributed by atoms with Crippen LogP contribution in [0.1, 0.15) is 5.56 Å². The zero-order chi connectivity index (χ0) is 9.97. The Morgan fingerprint density at radius 2 is 2.00 bits per heavy atom. The highest BCUT2D eigenvalue weighted by Crippen LogP contribution is 2.09. The van der Waals surface area contributed by atoms with Crippen LogP contribution >= 0.6 is 11.6 Å². The molecule has 0 amide bonds. The van der Waals surface area contributed by atoms with Gasteiger partial charge in [-0.05, 0) is 29.3 Å². The number of benzene rings is 1. The van der Waals surface area contributed by atoms with E-state index in [0.29, 0.717) is 11.8 Å². The van der Waals surface area contributed by atoms with Gasteiger partial charge in [0.2, 0.25) is 5.28 Å². The molecule has 2 aromatic rings. The summed E-state index contributed by atoms with van der Waals surface area (Å²) in [4.78, 5) is 3.88. The first kappa shape index (κ1) is 9.21. The van der Waals surface area contributed by atoms with E-state index in [4.69, 9.17) is 11.6 Å². The van der Waals surface area contributed by atoms with Gasteiger partial charge >= 0.3 is 0 Å². The molecule has 0 saturated heterocycles. The van der Waals surface area contributed by atoms with E-state index in [1.807, 2.05) is 0 Å². The Balaban J connectivity index is 2.19. The monoisotopic (exact) mass is 210 g/mol. The van der Waals surface area contributed by atoms with E-state index in [9.17, 15) is 4.39 Å². The van der Waals surface area contributed by atoms with Gasteiger partial charge in [0.05, 0.1) is 0 Å². The molecule has 0 aliphatic heterocycles. The smallest absolute Gasteiger partial charge is 0.202 e. The van der Waals surface area contributed by atoms with Crippen LogP contribution < -0.4 is 0 Å². The van der Waals surface area contributed by atoms with E-state index in [2.05, 4.69) is 4.98 Å². The number of imidazole rings is 1. The van der Waals surface area contributed by atoms with Crippen molar-refractivity contribution in [2.75, 3.05) is 0 Å². The second kappa shape index (κ2) is 3.80. The molecule has 1 aromatic carbocycles. The zero-order valence-corrected chi connectivity index (χ0v) is 8.08. The van der Waals surface area contributed by atoms with Crippen molar-refractivity contribution in [3.05, 3.63) is 53.3 Å². The maximum Gasteiger partial charge on any atom is 0.202 e. The first-order chi connectivity index (χ1) is 6.75. The van der Waals surface area contributed by atoms with E-state index in [1.165, 1.54) is 12.1 Å². The van der Waals surface area contributed by atoms with Gasteiger partial charge in [0.15, 0.2) is 0 Å². The fraction of sp³-hybridized carbons (Fsp3) is 0.100. The molecule has 2 rings (SSSR count). The normalized spacial score (nSPS) is 10.4. The standard InChI is InChI=1S/C10H8ClFN2/c11-10-13-5-6-14(10)7-8-1-3-9(12)4-2-8/h1-6H,7H2. The number of aromatic nitrogens is 2. The van der Waals surface area contributed by atoms with Crippen LogP contribution in [0.25, 0.3) is 0 Å². The SMILES string of the molecule is Fc1ccc(Cn2ccnc2Cl)cc1. The lowest BCUT2D eigenvalue weighted by atomic mass is 10.2. The highest BCUT2D eigenvalue weighted by molar-refractivity contribution is 6.28. The van der Waals surface area contributed by atoms with Gasteiger partial charge < -0.3 is 4.57 Å². The third kappa shape index (κ3) is 1.93. The summed E-state index contributed by atoms with van der Waals surface area (Å²) in [6.07, 6.45) is 3.41. The zero-order valence-electron chi connectivity index (χ0n) is 7.32. The minimum Gasteiger partial charge on any atom is -0.317 e. The summed E-state index contributed by atoms with van der Waals surface area (Å²) in [6, 6.07) is 6.32. The minimum absolute atomic E-state index is 0.231. The van der Waals surface area contributed by atoms with E-state index < -0.39 is 0 Å². The molecule has 14 heavy (non-hydrogen) atoms. The summed E-state index contributed by atoms with van der Waals surface area (Å²) in [6.45, 7) is 0.610. The van der Waals surface area contributed by atoms with Gasteiger partial charge in [0, 0.05) is 18.9 Å². The van der Waals surface area contributed by atoms with E-state index >= 15 is 0 Å². The number of halogens is 2. The number of nitrogens with zero attached hydrogens (tertiary/aromatic N) is 2. The number of hydrogen-bond donors (Lipinski definition) is 0. The topological polar surface area (TPSA) is 17.8 Å². The van der Waals surface area contributed by atoms with Crippen molar-refractivity contribution in [1.29, 1.82) is 0 Å². The van der Waals surface area contributed by atoms with Gasteiger partial charge in [-0.2, -0.15) is 0 Å². The molecule has 2 nitrogen and oxygen atoms in total. The largest absolute Gasteiger partial charge is 0.317 e. The third-order valence-corrected chi connectivity index (χ3v) is 2.25. The van der Waals surface area contributed by atoms with Gasteiger partial charge in [0.1, 0.15) is 5.82 Å². The van der Waals surface area contributed by atoms with Crippen molar-refractivity contribution < 1.29 is 4.39 Å². The van der Waals surface area contributed by atoms with Gasteiger partial charge in [-0.15, -0.1) is 0 Å². The minimum atomic E-state index is -0.231. The molecule has 0 saturated carbocycles. The average molecular weight is 211 g/mol. The first-order valence-corrected chi connectivity index (χ1v) is 4.54. The van der Waals surface area contributed by atoms with Crippen LogP contribution in [0, 0.1) is 5.82 Å².